The number of carboxylic acid groups (broad SMARTS) is 1. The van der Waals surface area contributed by atoms with E-state index in [0.29, 0.717) is 19.3 Å². The van der Waals surface area contributed by atoms with Gasteiger partial charge in [-0.2, -0.15) is 0 Å². The highest BCUT2D eigenvalue weighted by Crippen LogP contribution is 2.35. The number of benzene rings is 1. The van der Waals surface area contributed by atoms with Gasteiger partial charge in [-0.05, 0) is 31.0 Å². The highest BCUT2D eigenvalue weighted by atomic mass is 19.1. The van der Waals surface area contributed by atoms with Crippen molar-refractivity contribution in [1.29, 1.82) is 0 Å². The average Bonchev–Trinajstić information content (AvgIpc) is 2.87. The zero-order valence-corrected chi connectivity index (χ0v) is 10.6. The van der Waals surface area contributed by atoms with Crippen LogP contribution in [0.1, 0.15) is 29.6 Å². The summed E-state index contributed by atoms with van der Waals surface area (Å²) in [5.74, 6) is -3.00. The van der Waals surface area contributed by atoms with E-state index in [1.807, 2.05) is 0 Å². The number of hydrogen-bond acceptors (Lipinski definition) is 3. The number of hydrogen-bond donors (Lipinski definition) is 1. The van der Waals surface area contributed by atoms with Gasteiger partial charge in [-0.25, -0.2) is 4.39 Å². The molecule has 1 N–H and O–H groups in total. The lowest BCUT2D eigenvalue weighted by molar-refractivity contribution is -0.142. The van der Waals surface area contributed by atoms with E-state index >= 15 is 0 Å². The minimum Gasteiger partial charge on any atom is -0.494 e. The van der Waals surface area contributed by atoms with Gasteiger partial charge in [0.05, 0.1) is 13.0 Å². The second-order valence-electron chi connectivity index (χ2n) is 4.70. The first-order chi connectivity index (χ1) is 9.04. The molecule has 102 valence electrons. The van der Waals surface area contributed by atoms with Crippen molar-refractivity contribution < 1.29 is 23.8 Å². The second-order valence-corrected chi connectivity index (χ2v) is 4.70. The summed E-state index contributed by atoms with van der Waals surface area (Å²) in [7, 11) is 1.34. The monoisotopic (exact) mass is 266 g/mol. The van der Waals surface area contributed by atoms with Crippen LogP contribution < -0.4 is 4.74 Å². The number of rotatable bonds is 4. The minimum atomic E-state index is -0.954. The summed E-state index contributed by atoms with van der Waals surface area (Å²) in [6.45, 7) is 0. The number of aliphatic carboxylic acids is 1. The van der Waals surface area contributed by atoms with E-state index in [1.54, 1.807) is 0 Å². The first kappa shape index (κ1) is 13.5. The number of carbonyl (C=O) groups excluding carboxylic acids is 1. The van der Waals surface area contributed by atoms with Crippen LogP contribution in [0.5, 0.6) is 5.75 Å². The Bertz CT molecular complexity index is 512. The van der Waals surface area contributed by atoms with Crippen LogP contribution in [0.15, 0.2) is 18.2 Å². The highest BCUT2D eigenvalue weighted by molar-refractivity contribution is 6.00. The standard InChI is InChI=1S/C14H15FO4/c1-19-12-6-5-8(7-11(12)15)13(16)9-3-2-4-10(9)14(17)18/h5-7,9-10H,2-4H2,1H3,(H,17,18). The third kappa shape index (κ3) is 2.59. The SMILES string of the molecule is COc1ccc(C(=O)C2CCCC2C(=O)O)cc1F. The number of methoxy groups -OCH3 is 1. The van der Waals surface area contributed by atoms with Gasteiger partial charge in [0.15, 0.2) is 17.3 Å². The van der Waals surface area contributed by atoms with Crippen LogP contribution in [0.3, 0.4) is 0 Å². The quantitative estimate of drug-likeness (QED) is 0.850. The fourth-order valence-corrected chi connectivity index (χ4v) is 2.60. The molecular weight excluding hydrogens is 251 g/mol. The normalized spacial score (nSPS) is 22.2. The van der Waals surface area contributed by atoms with Gasteiger partial charge in [0.2, 0.25) is 0 Å². The zero-order valence-electron chi connectivity index (χ0n) is 10.6. The van der Waals surface area contributed by atoms with Gasteiger partial charge in [-0.3, -0.25) is 9.59 Å². The highest BCUT2D eigenvalue weighted by Gasteiger charge is 2.38. The molecule has 1 aliphatic carbocycles. The van der Waals surface area contributed by atoms with E-state index in [0.717, 1.165) is 6.07 Å². The summed E-state index contributed by atoms with van der Waals surface area (Å²) in [6, 6.07) is 3.97. The smallest absolute Gasteiger partial charge is 0.307 e. The van der Waals surface area contributed by atoms with Crippen LogP contribution in [-0.4, -0.2) is 24.0 Å². The lowest BCUT2D eigenvalue weighted by Crippen LogP contribution is -2.25. The number of Topliss-reactive ketones (excluding diaryl/α,β-unsaturated/α-hetero) is 1. The van der Waals surface area contributed by atoms with E-state index in [1.165, 1.54) is 19.2 Å². The first-order valence-corrected chi connectivity index (χ1v) is 6.15. The van der Waals surface area contributed by atoms with E-state index in [4.69, 9.17) is 9.84 Å². The Morgan fingerprint density at radius 3 is 2.58 bits per heavy atom. The third-order valence-electron chi connectivity index (χ3n) is 3.61. The lowest BCUT2D eigenvalue weighted by Gasteiger charge is -2.14. The van der Waals surface area contributed by atoms with Crippen LogP contribution in [0.2, 0.25) is 0 Å². The molecule has 1 aromatic rings. The third-order valence-corrected chi connectivity index (χ3v) is 3.61. The van der Waals surface area contributed by atoms with Gasteiger partial charge in [-0.1, -0.05) is 6.42 Å². The number of ketones is 1. The van der Waals surface area contributed by atoms with Crippen LogP contribution in [-0.2, 0) is 4.79 Å². The molecule has 0 bridgehead atoms. The van der Waals surface area contributed by atoms with E-state index in [-0.39, 0.29) is 17.1 Å². The van der Waals surface area contributed by atoms with Crippen molar-refractivity contribution in [3.8, 4) is 5.75 Å². The molecule has 1 aromatic carbocycles. The Morgan fingerprint density at radius 2 is 2.00 bits per heavy atom. The minimum absolute atomic E-state index is 0.0674. The van der Waals surface area contributed by atoms with Crippen molar-refractivity contribution in [3.05, 3.63) is 29.6 Å². The Hall–Kier alpha value is -1.91. The fraction of sp³-hybridized carbons (Fsp3) is 0.429. The molecule has 2 unspecified atom stereocenters. The molecular formula is C14H15FO4. The molecule has 2 rings (SSSR count). The van der Waals surface area contributed by atoms with Gasteiger partial charge in [0, 0.05) is 11.5 Å². The van der Waals surface area contributed by atoms with Crippen LogP contribution in [0, 0.1) is 17.7 Å². The molecule has 0 aliphatic heterocycles. The van der Waals surface area contributed by atoms with Gasteiger partial charge >= 0.3 is 5.97 Å². The van der Waals surface area contributed by atoms with Crippen molar-refractivity contribution >= 4 is 11.8 Å². The summed E-state index contributed by atoms with van der Waals surface area (Å²) >= 11 is 0. The summed E-state index contributed by atoms with van der Waals surface area (Å²) in [5.41, 5.74) is 0.205. The molecule has 5 heteroatoms. The van der Waals surface area contributed by atoms with Gasteiger partial charge in [0.1, 0.15) is 0 Å². The topological polar surface area (TPSA) is 63.6 Å². The second kappa shape index (κ2) is 5.38. The van der Waals surface area contributed by atoms with E-state index in [2.05, 4.69) is 0 Å². The van der Waals surface area contributed by atoms with Crippen molar-refractivity contribution in [1.82, 2.24) is 0 Å². The Kier molecular flexibility index (Phi) is 3.83. The van der Waals surface area contributed by atoms with Crippen LogP contribution in [0.4, 0.5) is 4.39 Å². The molecule has 0 heterocycles. The predicted molar refractivity (Wildman–Crippen MR) is 65.7 cm³/mol. The van der Waals surface area contributed by atoms with E-state index in [9.17, 15) is 14.0 Å². The zero-order chi connectivity index (χ0) is 14.0. The molecule has 0 spiro atoms. The van der Waals surface area contributed by atoms with Crippen molar-refractivity contribution in [2.75, 3.05) is 7.11 Å². The molecule has 0 radical (unpaired) electrons. The van der Waals surface area contributed by atoms with Crippen LogP contribution >= 0.6 is 0 Å². The fourth-order valence-electron chi connectivity index (χ4n) is 2.60. The largest absolute Gasteiger partial charge is 0.494 e. The Labute approximate surface area is 110 Å². The molecule has 0 amide bonds. The summed E-state index contributed by atoms with van der Waals surface area (Å²) in [6.07, 6.45) is 1.76. The van der Waals surface area contributed by atoms with E-state index < -0.39 is 23.6 Å². The van der Waals surface area contributed by atoms with Gasteiger partial charge in [0.25, 0.3) is 0 Å². The Balaban J connectivity index is 2.24. The molecule has 2 atom stereocenters. The summed E-state index contributed by atoms with van der Waals surface area (Å²) in [5, 5.41) is 9.07. The lowest BCUT2D eigenvalue weighted by atomic mass is 9.88. The maximum atomic E-state index is 13.6. The average molecular weight is 266 g/mol. The molecule has 0 aromatic heterocycles. The molecule has 4 nitrogen and oxygen atoms in total. The molecule has 0 saturated heterocycles. The molecule has 19 heavy (non-hydrogen) atoms. The summed E-state index contributed by atoms with van der Waals surface area (Å²) < 4.78 is 18.3. The molecule has 1 saturated carbocycles. The number of ether oxygens (including phenoxy) is 1. The van der Waals surface area contributed by atoms with Gasteiger partial charge in [-0.15, -0.1) is 0 Å². The first-order valence-electron chi connectivity index (χ1n) is 6.15. The summed E-state index contributed by atoms with van der Waals surface area (Å²) in [4.78, 5) is 23.3. The molecule has 1 fully saturated rings. The predicted octanol–water partition coefficient (Wildman–Crippen LogP) is 2.52. The van der Waals surface area contributed by atoms with Crippen molar-refractivity contribution in [2.24, 2.45) is 11.8 Å². The van der Waals surface area contributed by atoms with Gasteiger partial charge < -0.3 is 9.84 Å². The molecule has 1 aliphatic rings. The maximum Gasteiger partial charge on any atom is 0.307 e. The van der Waals surface area contributed by atoms with Crippen LogP contribution in [0.25, 0.3) is 0 Å². The van der Waals surface area contributed by atoms with Crippen molar-refractivity contribution in [2.45, 2.75) is 19.3 Å². The number of carboxylic acids is 1. The Morgan fingerprint density at radius 1 is 1.32 bits per heavy atom. The number of halogens is 1. The maximum absolute atomic E-state index is 13.6. The number of carbonyl (C=O) groups is 2. The van der Waals surface area contributed by atoms with Crippen molar-refractivity contribution in [3.63, 3.8) is 0 Å².